The van der Waals surface area contributed by atoms with Crippen molar-refractivity contribution in [2.75, 3.05) is 26.2 Å². The van der Waals surface area contributed by atoms with E-state index in [1.165, 1.54) is 11.1 Å². The van der Waals surface area contributed by atoms with Crippen LogP contribution < -0.4 is 10.6 Å². The second kappa shape index (κ2) is 14.6. The number of fused-ring (bicyclic) bond motifs is 2. The topological polar surface area (TPSA) is 98.1 Å². The van der Waals surface area contributed by atoms with E-state index < -0.39 is 23.6 Å². The summed E-state index contributed by atoms with van der Waals surface area (Å²) in [5.74, 6) is 0.652. The van der Waals surface area contributed by atoms with Crippen LogP contribution in [-0.2, 0) is 29.0 Å². The van der Waals surface area contributed by atoms with Crippen molar-refractivity contribution >= 4 is 22.8 Å². The molecule has 1 fully saturated rings. The minimum Gasteiger partial charge on any atom is -0.460 e. The predicted octanol–water partition coefficient (Wildman–Crippen LogP) is 5.49. The average molecular weight is 651 g/mol. The van der Waals surface area contributed by atoms with Gasteiger partial charge in [0.1, 0.15) is 17.4 Å². The molecule has 3 aromatic carbocycles. The van der Waals surface area contributed by atoms with Crippen LogP contribution in [0.5, 0.6) is 0 Å². The van der Waals surface area contributed by atoms with E-state index in [1.807, 2.05) is 81.4 Å². The van der Waals surface area contributed by atoms with E-state index in [0.29, 0.717) is 44.9 Å². The molecule has 1 aliphatic carbocycles. The molecule has 3 unspecified atom stereocenters. The van der Waals surface area contributed by atoms with Crippen LogP contribution in [0.3, 0.4) is 0 Å². The Kier molecular flexibility index (Phi) is 10.3. The van der Waals surface area contributed by atoms with Crippen molar-refractivity contribution in [2.24, 2.45) is 11.8 Å². The van der Waals surface area contributed by atoms with E-state index in [9.17, 15) is 14.7 Å². The summed E-state index contributed by atoms with van der Waals surface area (Å²) in [4.78, 5) is 32.0. The van der Waals surface area contributed by atoms with E-state index in [4.69, 9.17) is 4.42 Å². The van der Waals surface area contributed by atoms with E-state index in [0.717, 1.165) is 35.3 Å². The number of hydrogen-bond donors (Lipinski definition) is 3. The SMILES string of the molecule is CC1Cc2ccccc2C1NC(=O)[C@H](Cc1ccccc1)C[C@H](O)CN1CCN(Cc2cc3ccccc3o2)CC1C(=O)NC(C)(C)C. The van der Waals surface area contributed by atoms with Gasteiger partial charge in [-0.3, -0.25) is 19.4 Å². The molecule has 2 aliphatic rings. The van der Waals surface area contributed by atoms with Crippen LogP contribution in [0.25, 0.3) is 11.0 Å². The Labute approximate surface area is 284 Å². The van der Waals surface area contributed by atoms with Gasteiger partial charge in [-0.25, -0.2) is 0 Å². The summed E-state index contributed by atoms with van der Waals surface area (Å²) in [5, 5.41) is 19.2. The molecule has 3 N–H and O–H groups in total. The summed E-state index contributed by atoms with van der Waals surface area (Å²) >= 11 is 0. The molecule has 0 spiro atoms. The first-order chi connectivity index (χ1) is 23.0. The summed E-state index contributed by atoms with van der Waals surface area (Å²) < 4.78 is 6.09. The third kappa shape index (κ3) is 8.35. The van der Waals surface area contributed by atoms with E-state index >= 15 is 0 Å². The molecule has 2 amide bonds. The summed E-state index contributed by atoms with van der Waals surface area (Å²) in [6.07, 6.45) is 0.986. The molecule has 0 bridgehead atoms. The number of para-hydroxylation sites is 1. The Morgan fingerprint density at radius 3 is 2.48 bits per heavy atom. The molecule has 6 rings (SSSR count). The van der Waals surface area contributed by atoms with Crippen molar-refractivity contribution in [3.8, 4) is 0 Å². The van der Waals surface area contributed by atoms with Crippen molar-refractivity contribution in [2.45, 2.75) is 77.2 Å². The lowest BCUT2D eigenvalue weighted by Crippen LogP contribution is -2.61. The number of furan rings is 1. The van der Waals surface area contributed by atoms with Crippen molar-refractivity contribution in [3.05, 3.63) is 107 Å². The molecule has 1 saturated heterocycles. The van der Waals surface area contributed by atoms with Gasteiger partial charge in [-0.15, -0.1) is 0 Å². The number of nitrogens with one attached hydrogen (secondary N) is 2. The van der Waals surface area contributed by atoms with Crippen LogP contribution in [0.2, 0.25) is 0 Å². The molecule has 1 aliphatic heterocycles. The number of β-amino-alcohol motifs (C(OH)–C–C–N with tert-alkyl or cyclic N) is 1. The number of amides is 2. The smallest absolute Gasteiger partial charge is 0.239 e. The molecule has 48 heavy (non-hydrogen) atoms. The number of nitrogens with zero attached hydrogens (tertiary/aromatic N) is 2. The molecule has 0 saturated carbocycles. The van der Waals surface area contributed by atoms with Gasteiger partial charge >= 0.3 is 0 Å². The summed E-state index contributed by atoms with van der Waals surface area (Å²) in [5.41, 5.74) is 4.00. The predicted molar refractivity (Wildman–Crippen MR) is 189 cm³/mol. The average Bonchev–Trinajstić information content (AvgIpc) is 3.60. The van der Waals surface area contributed by atoms with Gasteiger partial charge in [-0.2, -0.15) is 0 Å². The molecule has 8 heteroatoms. The molecule has 8 nitrogen and oxygen atoms in total. The van der Waals surface area contributed by atoms with Gasteiger partial charge in [0.2, 0.25) is 11.8 Å². The zero-order valence-corrected chi connectivity index (χ0v) is 28.7. The Balaban J connectivity index is 1.15. The summed E-state index contributed by atoms with van der Waals surface area (Å²) in [6, 6.07) is 27.9. The molecule has 5 atom stereocenters. The molecular formula is C40H50N4O4. The lowest BCUT2D eigenvalue weighted by Gasteiger charge is -2.42. The van der Waals surface area contributed by atoms with Gasteiger partial charge in [0, 0.05) is 43.0 Å². The maximum absolute atomic E-state index is 14.0. The molecule has 4 aromatic rings. The number of aliphatic hydroxyl groups excluding tert-OH is 1. The fourth-order valence-electron chi connectivity index (χ4n) is 7.42. The van der Waals surface area contributed by atoms with Gasteiger partial charge in [-0.1, -0.05) is 79.7 Å². The summed E-state index contributed by atoms with van der Waals surface area (Å²) in [6.45, 7) is 10.9. The molecule has 2 heterocycles. The van der Waals surface area contributed by atoms with Crippen molar-refractivity contribution in [1.29, 1.82) is 0 Å². The van der Waals surface area contributed by atoms with Crippen LogP contribution >= 0.6 is 0 Å². The summed E-state index contributed by atoms with van der Waals surface area (Å²) in [7, 11) is 0. The molecule has 0 radical (unpaired) electrons. The highest BCUT2D eigenvalue weighted by Crippen LogP contribution is 2.36. The Morgan fingerprint density at radius 1 is 0.979 bits per heavy atom. The Hall–Kier alpha value is -3.98. The van der Waals surface area contributed by atoms with E-state index in [-0.39, 0.29) is 17.9 Å². The first-order valence-electron chi connectivity index (χ1n) is 17.4. The number of rotatable bonds is 11. The van der Waals surface area contributed by atoms with Gasteiger partial charge < -0.3 is 20.2 Å². The van der Waals surface area contributed by atoms with Crippen LogP contribution in [-0.4, -0.2) is 70.6 Å². The quantitative estimate of drug-likeness (QED) is 0.199. The minimum absolute atomic E-state index is 0.0378. The first kappa shape index (κ1) is 33.9. The van der Waals surface area contributed by atoms with Gasteiger partial charge in [0.05, 0.1) is 18.7 Å². The number of hydrogen-bond acceptors (Lipinski definition) is 6. The van der Waals surface area contributed by atoms with Crippen molar-refractivity contribution in [1.82, 2.24) is 20.4 Å². The Morgan fingerprint density at radius 2 is 1.71 bits per heavy atom. The molecular weight excluding hydrogens is 600 g/mol. The van der Waals surface area contributed by atoms with Gasteiger partial charge in [0.25, 0.3) is 0 Å². The number of carbonyl (C=O) groups is 2. The number of carbonyl (C=O) groups excluding carboxylic acids is 2. The number of piperazine rings is 1. The monoisotopic (exact) mass is 650 g/mol. The second-order valence-corrected chi connectivity index (χ2v) is 14.9. The zero-order chi connectivity index (χ0) is 33.8. The maximum Gasteiger partial charge on any atom is 0.239 e. The third-order valence-corrected chi connectivity index (χ3v) is 9.73. The first-order valence-corrected chi connectivity index (χ1v) is 17.4. The number of aliphatic hydroxyl groups is 1. The van der Waals surface area contributed by atoms with Gasteiger partial charge in [-0.05, 0) is 74.8 Å². The zero-order valence-electron chi connectivity index (χ0n) is 28.7. The highest BCUT2D eigenvalue weighted by molar-refractivity contribution is 5.83. The lowest BCUT2D eigenvalue weighted by molar-refractivity contribution is -0.132. The van der Waals surface area contributed by atoms with E-state index in [2.05, 4.69) is 51.6 Å². The molecule has 254 valence electrons. The van der Waals surface area contributed by atoms with Crippen LogP contribution in [0.1, 0.15) is 62.6 Å². The lowest BCUT2D eigenvalue weighted by atomic mass is 9.91. The van der Waals surface area contributed by atoms with Gasteiger partial charge in [0.15, 0.2) is 0 Å². The van der Waals surface area contributed by atoms with Crippen molar-refractivity contribution < 1.29 is 19.1 Å². The maximum atomic E-state index is 14.0. The van der Waals surface area contributed by atoms with Crippen LogP contribution in [0.4, 0.5) is 0 Å². The fourth-order valence-corrected chi connectivity index (χ4v) is 7.42. The minimum atomic E-state index is -0.787. The highest BCUT2D eigenvalue weighted by Gasteiger charge is 2.37. The number of benzene rings is 3. The van der Waals surface area contributed by atoms with Crippen LogP contribution in [0.15, 0.2) is 89.3 Å². The van der Waals surface area contributed by atoms with Crippen LogP contribution in [0, 0.1) is 11.8 Å². The van der Waals surface area contributed by atoms with Crippen molar-refractivity contribution in [3.63, 3.8) is 0 Å². The highest BCUT2D eigenvalue weighted by atomic mass is 16.3. The largest absolute Gasteiger partial charge is 0.460 e. The third-order valence-electron chi connectivity index (χ3n) is 9.73. The standard InChI is InChI=1S/C40H50N4O4/c1-27-20-29-14-8-10-16-34(29)37(27)41-38(46)31(21-28-12-6-5-7-13-28)22-32(45)24-44-19-18-43(26-35(44)39(47)42-40(2,3)4)25-33-23-30-15-9-11-17-36(30)48-33/h5-17,23,27,31-32,35,37,45H,18-22,24-26H2,1-4H3,(H,41,46)(H,42,47)/t27?,31-,32+,35?,37?/m1/s1. The Bertz CT molecular complexity index is 1660. The molecule has 1 aromatic heterocycles. The normalized spacial score (nSPS) is 21.5. The van der Waals surface area contributed by atoms with E-state index in [1.54, 1.807) is 0 Å². The second-order valence-electron chi connectivity index (χ2n) is 14.9. The fraction of sp³-hybridized carbons (Fsp3) is 0.450.